The normalized spacial score (nSPS) is 14.8. The molecule has 2 amide bonds. The second-order valence-corrected chi connectivity index (χ2v) is 9.10. The lowest BCUT2D eigenvalue weighted by Gasteiger charge is -2.34. The van der Waals surface area contributed by atoms with Crippen molar-refractivity contribution in [3.8, 4) is 0 Å². The van der Waals surface area contributed by atoms with E-state index in [1.54, 1.807) is 12.1 Å². The van der Waals surface area contributed by atoms with Gasteiger partial charge in [0.05, 0.1) is 22.1 Å². The Morgan fingerprint density at radius 3 is 2.52 bits per heavy atom. The third-order valence-electron chi connectivity index (χ3n) is 5.45. The predicted molar refractivity (Wildman–Crippen MR) is 124 cm³/mol. The van der Waals surface area contributed by atoms with E-state index in [9.17, 15) is 9.59 Å². The molecule has 0 atom stereocenters. The van der Waals surface area contributed by atoms with E-state index in [-0.39, 0.29) is 18.4 Å². The molecular formula is C22H24ClN5O2S. The average molecular weight is 458 g/mol. The van der Waals surface area contributed by atoms with Gasteiger partial charge in [-0.1, -0.05) is 23.7 Å². The van der Waals surface area contributed by atoms with Gasteiger partial charge >= 0.3 is 0 Å². The van der Waals surface area contributed by atoms with Gasteiger partial charge in [0.2, 0.25) is 5.91 Å². The van der Waals surface area contributed by atoms with Gasteiger partial charge in [-0.25, -0.2) is 9.97 Å². The lowest BCUT2D eigenvalue weighted by Crippen LogP contribution is -2.50. The zero-order valence-electron chi connectivity index (χ0n) is 17.7. The Balaban J connectivity index is 1.38. The molecule has 1 N–H and O–H groups in total. The van der Waals surface area contributed by atoms with E-state index in [0.29, 0.717) is 42.7 Å². The summed E-state index contributed by atoms with van der Waals surface area (Å²) in [6.07, 6.45) is 0. The fourth-order valence-corrected chi connectivity index (χ4v) is 5.31. The van der Waals surface area contributed by atoms with Gasteiger partial charge in [0.25, 0.3) is 5.91 Å². The fraction of sp³-hybridized carbons (Fsp3) is 0.364. The summed E-state index contributed by atoms with van der Waals surface area (Å²) in [5.41, 5.74) is 2.46. The Morgan fingerprint density at radius 2 is 1.81 bits per heavy atom. The van der Waals surface area contributed by atoms with Gasteiger partial charge in [0.15, 0.2) is 0 Å². The number of hydrogen-bond donors (Lipinski definition) is 1. The predicted octanol–water partition coefficient (Wildman–Crippen LogP) is 3.67. The van der Waals surface area contributed by atoms with Crippen LogP contribution in [0.2, 0.25) is 5.02 Å². The number of benzene rings is 1. The highest BCUT2D eigenvalue weighted by Crippen LogP contribution is 2.32. The van der Waals surface area contributed by atoms with Gasteiger partial charge in [-0.3, -0.25) is 14.5 Å². The highest BCUT2D eigenvalue weighted by Gasteiger charge is 2.27. The number of rotatable bonds is 4. The molecule has 1 aliphatic rings. The van der Waals surface area contributed by atoms with Crippen molar-refractivity contribution in [2.45, 2.75) is 20.8 Å². The molecule has 0 unspecified atom stereocenters. The molecular weight excluding hydrogens is 434 g/mol. The third kappa shape index (κ3) is 4.56. The number of thiophene rings is 1. The van der Waals surface area contributed by atoms with E-state index in [2.05, 4.69) is 15.3 Å². The molecule has 7 nitrogen and oxygen atoms in total. The van der Waals surface area contributed by atoms with Crippen molar-refractivity contribution in [3.05, 3.63) is 51.2 Å². The second kappa shape index (κ2) is 8.90. The van der Waals surface area contributed by atoms with Crippen LogP contribution in [0.1, 0.15) is 26.8 Å². The summed E-state index contributed by atoms with van der Waals surface area (Å²) in [6, 6.07) is 7.17. The standard InChI is InChI=1S/C22H24ClN5O2S/c1-13-19-14(2)24-15(3)25-21(19)31-20(13)22(30)28-10-8-27(9-11-28)12-18(29)26-17-7-5-4-6-16(17)23/h4-7H,8-12H2,1-3H3,(H,26,29). The van der Waals surface area contributed by atoms with Gasteiger partial charge < -0.3 is 10.2 Å². The number of carbonyl (C=O) groups is 2. The number of nitrogens with zero attached hydrogens (tertiary/aromatic N) is 4. The first kappa shape index (κ1) is 21.7. The quantitative estimate of drug-likeness (QED) is 0.646. The number of piperazine rings is 1. The maximum absolute atomic E-state index is 13.2. The monoisotopic (exact) mass is 457 g/mol. The van der Waals surface area contributed by atoms with Crippen molar-refractivity contribution >= 4 is 50.7 Å². The Hall–Kier alpha value is -2.55. The number of carbonyl (C=O) groups excluding carboxylic acids is 2. The minimum Gasteiger partial charge on any atom is -0.335 e. The molecule has 31 heavy (non-hydrogen) atoms. The van der Waals surface area contributed by atoms with Gasteiger partial charge in [-0.05, 0) is 38.5 Å². The van der Waals surface area contributed by atoms with Crippen LogP contribution in [0, 0.1) is 20.8 Å². The van der Waals surface area contributed by atoms with Crippen molar-refractivity contribution < 1.29 is 9.59 Å². The van der Waals surface area contributed by atoms with Crippen LogP contribution in [0.5, 0.6) is 0 Å². The maximum Gasteiger partial charge on any atom is 0.264 e. The van der Waals surface area contributed by atoms with Gasteiger partial charge in [0.1, 0.15) is 10.7 Å². The maximum atomic E-state index is 13.2. The van der Waals surface area contributed by atoms with Crippen molar-refractivity contribution in [2.24, 2.45) is 0 Å². The summed E-state index contributed by atoms with van der Waals surface area (Å²) in [5.74, 6) is 0.629. The molecule has 162 valence electrons. The summed E-state index contributed by atoms with van der Waals surface area (Å²) in [5, 5.41) is 4.34. The van der Waals surface area contributed by atoms with Crippen LogP contribution in [-0.2, 0) is 4.79 Å². The molecule has 0 aliphatic carbocycles. The molecule has 1 fully saturated rings. The molecule has 0 spiro atoms. The highest BCUT2D eigenvalue weighted by molar-refractivity contribution is 7.20. The van der Waals surface area contributed by atoms with Crippen molar-refractivity contribution in [3.63, 3.8) is 0 Å². The van der Waals surface area contributed by atoms with Crippen LogP contribution >= 0.6 is 22.9 Å². The molecule has 9 heteroatoms. The van der Waals surface area contributed by atoms with Crippen LogP contribution < -0.4 is 5.32 Å². The second-order valence-electron chi connectivity index (χ2n) is 7.69. The van der Waals surface area contributed by atoms with E-state index >= 15 is 0 Å². The van der Waals surface area contributed by atoms with Crippen LogP contribution in [0.25, 0.3) is 10.2 Å². The minimum absolute atomic E-state index is 0.0257. The van der Waals surface area contributed by atoms with E-state index in [0.717, 1.165) is 26.4 Å². The number of para-hydroxylation sites is 1. The van der Waals surface area contributed by atoms with Gasteiger partial charge in [0, 0.05) is 37.3 Å². The highest BCUT2D eigenvalue weighted by atomic mass is 35.5. The van der Waals surface area contributed by atoms with Gasteiger partial charge in [-0.2, -0.15) is 0 Å². The van der Waals surface area contributed by atoms with Crippen molar-refractivity contribution in [1.82, 2.24) is 19.8 Å². The molecule has 1 aliphatic heterocycles. The molecule has 0 radical (unpaired) electrons. The number of aromatic nitrogens is 2. The van der Waals surface area contributed by atoms with Crippen molar-refractivity contribution in [2.75, 3.05) is 38.0 Å². The molecule has 4 rings (SSSR count). The molecule has 0 saturated carbocycles. The van der Waals surface area contributed by atoms with E-state index in [4.69, 9.17) is 11.6 Å². The van der Waals surface area contributed by atoms with Crippen LogP contribution in [-0.4, -0.2) is 64.3 Å². The number of aryl methyl sites for hydroxylation is 3. The summed E-state index contributed by atoms with van der Waals surface area (Å²) in [4.78, 5) is 40.0. The fourth-order valence-electron chi connectivity index (χ4n) is 3.89. The average Bonchev–Trinajstić information content (AvgIpc) is 3.06. The minimum atomic E-state index is -0.113. The molecule has 2 aromatic heterocycles. The van der Waals surface area contributed by atoms with Crippen molar-refractivity contribution in [1.29, 1.82) is 0 Å². The molecule has 3 aromatic rings. The first-order valence-corrected chi connectivity index (χ1v) is 11.3. The number of amides is 2. The summed E-state index contributed by atoms with van der Waals surface area (Å²) >= 11 is 7.54. The summed E-state index contributed by atoms with van der Waals surface area (Å²) in [7, 11) is 0. The zero-order valence-corrected chi connectivity index (χ0v) is 19.3. The number of hydrogen-bond acceptors (Lipinski definition) is 6. The van der Waals surface area contributed by atoms with Crippen LogP contribution in [0.3, 0.4) is 0 Å². The summed E-state index contributed by atoms with van der Waals surface area (Å²) in [6.45, 7) is 8.50. The molecule has 1 saturated heterocycles. The third-order valence-corrected chi connectivity index (χ3v) is 6.96. The SMILES string of the molecule is Cc1nc(C)c2c(C)c(C(=O)N3CCN(CC(=O)Nc4ccccc4Cl)CC3)sc2n1. The smallest absolute Gasteiger partial charge is 0.264 e. The lowest BCUT2D eigenvalue weighted by molar-refractivity contribution is -0.117. The van der Waals surface area contributed by atoms with Gasteiger partial charge in [-0.15, -0.1) is 11.3 Å². The van der Waals surface area contributed by atoms with E-state index in [1.165, 1.54) is 11.3 Å². The van der Waals surface area contributed by atoms with Crippen LogP contribution in [0.4, 0.5) is 5.69 Å². The first-order chi connectivity index (χ1) is 14.8. The number of fused-ring (bicyclic) bond motifs is 1. The zero-order chi connectivity index (χ0) is 22.1. The Bertz CT molecular complexity index is 1150. The Labute approximate surface area is 190 Å². The number of nitrogens with one attached hydrogen (secondary N) is 1. The first-order valence-electron chi connectivity index (χ1n) is 10.1. The van der Waals surface area contributed by atoms with E-state index in [1.807, 2.05) is 42.7 Å². The van der Waals surface area contributed by atoms with Crippen LogP contribution in [0.15, 0.2) is 24.3 Å². The van der Waals surface area contributed by atoms with E-state index < -0.39 is 0 Å². The number of anilines is 1. The molecule has 3 heterocycles. The molecule has 1 aromatic carbocycles. The Kier molecular flexibility index (Phi) is 6.22. The largest absolute Gasteiger partial charge is 0.335 e. The lowest BCUT2D eigenvalue weighted by atomic mass is 10.1. The Morgan fingerprint density at radius 1 is 1.10 bits per heavy atom. The molecule has 0 bridgehead atoms. The summed E-state index contributed by atoms with van der Waals surface area (Å²) < 4.78 is 0. The topological polar surface area (TPSA) is 78.4 Å². The number of halogens is 1.